The molecule has 5 nitrogen and oxygen atoms in total. The average Bonchev–Trinajstić information content (AvgIpc) is 1.98. The minimum Gasteiger partial charge on any atom is -0.478 e. The minimum absolute atomic E-state index is 0.171. The minimum atomic E-state index is -1.80. The van der Waals surface area contributed by atoms with Crippen LogP contribution < -0.4 is 0 Å². The van der Waals surface area contributed by atoms with Gasteiger partial charge in [-0.2, -0.15) is 5.06 Å². The van der Waals surface area contributed by atoms with Gasteiger partial charge in [0.25, 0.3) is 0 Å². The molecule has 3 N–H and O–H groups in total. The molecule has 0 aliphatic carbocycles. The molecule has 0 aliphatic rings. The van der Waals surface area contributed by atoms with Crippen LogP contribution in [-0.2, 0) is 4.79 Å². The number of aliphatic hydroxyl groups excluding tert-OH is 1. The Morgan fingerprint density at radius 2 is 2.18 bits per heavy atom. The molecule has 0 bridgehead atoms. The molecule has 0 aliphatic heterocycles. The lowest BCUT2D eigenvalue weighted by molar-refractivity contribution is -0.211. The first-order chi connectivity index (χ1) is 5.09. The van der Waals surface area contributed by atoms with Gasteiger partial charge in [0.05, 0.1) is 0 Å². The summed E-state index contributed by atoms with van der Waals surface area (Å²) in [4.78, 5) is 10.1. The highest BCUT2D eigenvalue weighted by Crippen LogP contribution is 1.95. The van der Waals surface area contributed by atoms with E-state index in [9.17, 15) is 4.79 Å². The summed E-state index contributed by atoms with van der Waals surface area (Å²) in [6, 6.07) is 0. The van der Waals surface area contributed by atoms with Crippen molar-refractivity contribution in [2.45, 2.75) is 26.0 Å². The monoisotopic (exact) mass is 163 g/mol. The fourth-order valence-corrected chi connectivity index (χ4v) is 0.570. The second-order valence-electron chi connectivity index (χ2n) is 2.23. The van der Waals surface area contributed by atoms with Gasteiger partial charge in [-0.05, 0) is 6.42 Å². The van der Waals surface area contributed by atoms with Crippen LogP contribution in [0.3, 0.4) is 0 Å². The maximum atomic E-state index is 10.1. The number of carboxylic acids is 1. The van der Waals surface area contributed by atoms with Gasteiger partial charge in [0.1, 0.15) is 0 Å². The highest BCUT2D eigenvalue weighted by Gasteiger charge is 2.19. The lowest BCUT2D eigenvalue weighted by Crippen LogP contribution is -2.39. The Kier molecular flexibility index (Phi) is 4.76. The summed E-state index contributed by atoms with van der Waals surface area (Å²) < 4.78 is 0. The number of carbonyl (C=O) groups is 1. The van der Waals surface area contributed by atoms with Gasteiger partial charge in [0.2, 0.25) is 6.23 Å². The van der Waals surface area contributed by atoms with E-state index in [1.807, 2.05) is 6.92 Å². The summed E-state index contributed by atoms with van der Waals surface area (Å²) in [5, 5.41) is 26.1. The molecule has 11 heavy (non-hydrogen) atoms. The zero-order valence-corrected chi connectivity index (χ0v) is 6.40. The molecule has 66 valence electrons. The lowest BCUT2D eigenvalue weighted by Gasteiger charge is -2.16. The molecule has 0 saturated heterocycles. The van der Waals surface area contributed by atoms with Crippen molar-refractivity contribution in [2.24, 2.45) is 0 Å². The molecule has 1 unspecified atom stereocenters. The highest BCUT2D eigenvalue weighted by molar-refractivity contribution is 5.71. The number of aliphatic hydroxyl groups is 1. The average molecular weight is 163 g/mol. The number of unbranched alkanes of at least 4 members (excludes halogenated alkanes) is 1. The number of nitrogens with zero attached hydrogens (tertiary/aromatic N) is 1. The standard InChI is InChI=1S/C6H13NO4/c1-2-3-4-7(11)5(8)6(9)10/h5,8,11H,2-4H2,1H3,(H,9,10). The van der Waals surface area contributed by atoms with Crippen molar-refractivity contribution in [1.82, 2.24) is 5.06 Å². The number of hydrogen-bond donors (Lipinski definition) is 3. The number of hydroxylamine groups is 2. The first-order valence-corrected chi connectivity index (χ1v) is 3.46. The van der Waals surface area contributed by atoms with Gasteiger partial charge in [-0.1, -0.05) is 13.3 Å². The molecule has 0 amide bonds. The van der Waals surface area contributed by atoms with E-state index < -0.39 is 12.2 Å². The zero-order valence-electron chi connectivity index (χ0n) is 6.40. The highest BCUT2D eigenvalue weighted by atomic mass is 16.5. The smallest absolute Gasteiger partial charge is 0.350 e. The van der Waals surface area contributed by atoms with Crippen LogP contribution in [0.25, 0.3) is 0 Å². The second-order valence-corrected chi connectivity index (χ2v) is 2.23. The van der Waals surface area contributed by atoms with Crippen molar-refractivity contribution < 1.29 is 20.2 Å². The van der Waals surface area contributed by atoms with Crippen LogP contribution in [-0.4, -0.2) is 39.2 Å². The summed E-state index contributed by atoms with van der Waals surface area (Å²) in [7, 11) is 0. The Morgan fingerprint density at radius 1 is 1.64 bits per heavy atom. The zero-order chi connectivity index (χ0) is 8.85. The van der Waals surface area contributed by atoms with Crippen LogP contribution in [0, 0.1) is 0 Å². The molecule has 0 radical (unpaired) electrons. The third kappa shape index (κ3) is 3.92. The van der Waals surface area contributed by atoms with Crippen molar-refractivity contribution in [1.29, 1.82) is 0 Å². The van der Waals surface area contributed by atoms with E-state index in [0.29, 0.717) is 11.5 Å². The van der Waals surface area contributed by atoms with Gasteiger partial charge in [0.15, 0.2) is 0 Å². The first-order valence-electron chi connectivity index (χ1n) is 3.46. The van der Waals surface area contributed by atoms with Crippen LogP contribution in [0.5, 0.6) is 0 Å². The predicted molar refractivity (Wildman–Crippen MR) is 37.0 cm³/mol. The molecule has 0 aromatic carbocycles. The van der Waals surface area contributed by atoms with E-state index in [0.717, 1.165) is 6.42 Å². The number of carboxylic acid groups (broad SMARTS) is 1. The summed E-state index contributed by atoms with van der Waals surface area (Å²) >= 11 is 0. The van der Waals surface area contributed by atoms with Crippen molar-refractivity contribution in [3.8, 4) is 0 Å². The number of aliphatic carboxylic acids is 1. The Hall–Kier alpha value is -0.650. The number of rotatable bonds is 5. The molecule has 0 aromatic rings. The largest absolute Gasteiger partial charge is 0.478 e. The molecule has 0 aromatic heterocycles. The molecule has 0 rings (SSSR count). The van der Waals surface area contributed by atoms with Gasteiger partial charge in [0, 0.05) is 6.54 Å². The summed E-state index contributed by atoms with van der Waals surface area (Å²) in [5.41, 5.74) is 0. The molecule has 0 fully saturated rings. The van der Waals surface area contributed by atoms with Gasteiger partial charge in [-0.25, -0.2) is 4.79 Å². The van der Waals surface area contributed by atoms with Gasteiger partial charge >= 0.3 is 5.97 Å². The van der Waals surface area contributed by atoms with E-state index in [4.69, 9.17) is 15.4 Å². The van der Waals surface area contributed by atoms with Gasteiger partial charge in [-0.15, -0.1) is 0 Å². The quantitative estimate of drug-likeness (QED) is 0.389. The van der Waals surface area contributed by atoms with E-state index in [-0.39, 0.29) is 6.54 Å². The summed E-state index contributed by atoms with van der Waals surface area (Å²) in [5.74, 6) is -1.44. The summed E-state index contributed by atoms with van der Waals surface area (Å²) in [6.07, 6.45) is -0.314. The molecule has 0 saturated carbocycles. The van der Waals surface area contributed by atoms with E-state index >= 15 is 0 Å². The Labute approximate surface area is 64.8 Å². The van der Waals surface area contributed by atoms with Crippen LogP contribution >= 0.6 is 0 Å². The van der Waals surface area contributed by atoms with Crippen LogP contribution in [0.2, 0.25) is 0 Å². The maximum absolute atomic E-state index is 10.1. The molecular weight excluding hydrogens is 150 g/mol. The van der Waals surface area contributed by atoms with Gasteiger partial charge in [-0.3, -0.25) is 0 Å². The molecule has 1 atom stereocenters. The van der Waals surface area contributed by atoms with Crippen LogP contribution in [0.1, 0.15) is 19.8 Å². The third-order valence-corrected chi connectivity index (χ3v) is 1.24. The number of hydrogen-bond acceptors (Lipinski definition) is 4. The topological polar surface area (TPSA) is 81.0 Å². The van der Waals surface area contributed by atoms with Crippen LogP contribution in [0.15, 0.2) is 0 Å². The SMILES string of the molecule is CCCCN(O)C(O)C(=O)O. The normalized spacial score (nSPS) is 13.5. The van der Waals surface area contributed by atoms with Crippen molar-refractivity contribution >= 4 is 5.97 Å². The maximum Gasteiger partial charge on any atom is 0.350 e. The summed E-state index contributed by atoms with van der Waals surface area (Å²) in [6.45, 7) is 2.07. The molecule has 5 heteroatoms. The fourth-order valence-electron chi connectivity index (χ4n) is 0.570. The van der Waals surface area contributed by atoms with Crippen molar-refractivity contribution in [3.63, 3.8) is 0 Å². The van der Waals surface area contributed by atoms with E-state index in [1.54, 1.807) is 0 Å². The second kappa shape index (κ2) is 5.06. The fraction of sp³-hybridized carbons (Fsp3) is 0.833. The molecule has 0 heterocycles. The van der Waals surface area contributed by atoms with Crippen LogP contribution in [0.4, 0.5) is 0 Å². The lowest BCUT2D eigenvalue weighted by atomic mass is 10.3. The molecular formula is C6H13NO4. The third-order valence-electron chi connectivity index (χ3n) is 1.24. The predicted octanol–water partition coefficient (Wildman–Crippen LogP) is -0.119. The Morgan fingerprint density at radius 3 is 2.55 bits per heavy atom. The van der Waals surface area contributed by atoms with Gasteiger partial charge < -0.3 is 15.4 Å². The van der Waals surface area contributed by atoms with Crippen molar-refractivity contribution in [3.05, 3.63) is 0 Å². The molecule has 0 spiro atoms. The Balaban J connectivity index is 3.63. The van der Waals surface area contributed by atoms with E-state index in [2.05, 4.69) is 0 Å². The van der Waals surface area contributed by atoms with Crippen molar-refractivity contribution in [2.75, 3.05) is 6.54 Å². The Bertz CT molecular complexity index is 128. The first kappa shape index (κ1) is 10.3. The van der Waals surface area contributed by atoms with E-state index in [1.165, 1.54) is 0 Å².